The standard InChI is InChI=1S/C16H15N3O4/c1-8-4-5-10(6-12(8)22-3)15-18-16(23-19-15)13-11(20)7-17-9(2)14(13)21/h4-7,20-21H,1-3H3. The van der Waals surface area contributed by atoms with Crippen molar-refractivity contribution in [1.29, 1.82) is 0 Å². The van der Waals surface area contributed by atoms with Gasteiger partial charge < -0.3 is 19.5 Å². The number of pyridine rings is 1. The fourth-order valence-electron chi connectivity index (χ4n) is 2.20. The molecule has 0 aliphatic carbocycles. The zero-order valence-corrected chi connectivity index (χ0v) is 12.9. The molecule has 7 heteroatoms. The van der Waals surface area contributed by atoms with E-state index in [0.29, 0.717) is 22.8 Å². The van der Waals surface area contributed by atoms with Gasteiger partial charge in [0.2, 0.25) is 5.82 Å². The number of hydrogen-bond donors (Lipinski definition) is 2. The zero-order chi connectivity index (χ0) is 16.6. The van der Waals surface area contributed by atoms with Crippen LogP contribution in [0.25, 0.3) is 22.8 Å². The van der Waals surface area contributed by atoms with Crippen LogP contribution in [0.15, 0.2) is 28.9 Å². The molecule has 1 aromatic carbocycles. The molecule has 0 amide bonds. The number of aromatic hydroxyl groups is 2. The second kappa shape index (κ2) is 5.60. The fraction of sp³-hybridized carbons (Fsp3) is 0.188. The SMILES string of the molecule is COc1cc(-c2noc(-c3c(O)cnc(C)c3O)n2)ccc1C. The van der Waals surface area contributed by atoms with Crippen molar-refractivity contribution in [3.63, 3.8) is 0 Å². The first-order valence-corrected chi connectivity index (χ1v) is 6.88. The van der Waals surface area contributed by atoms with Crippen LogP contribution in [0.2, 0.25) is 0 Å². The highest BCUT2D eigenvalue weighted by Crippen LogP contribution is 2.38. The quantitative estimate of drug-likeness (QED) is 0.766. The molecule has 0 fully saturated rings. The Morgan fingerprint density at radius 2 is 1.96 bits per heavy atom. The van der Waals surface area contributed by atoms with Crippen LogP contribution in [0.5, 0.6) is 17.2 Å². The van der Waals surface area contributed by atoms with Crippen LogP contribution in [-0.2, 0) is 0 Å². The van der Waals surface area contributed by atoms with Crippen molar-refractivity contribution >= 4 is 0 Å². The lowest BCUT2D eigenvalue weighted by Gasteiger charge is -2.05. The highest BCUT2D eigenvalue weighted by atomic mass is 16.5. The Hall–Kier alpha value is -3.09. The molecule has 2 aromatic heterocycles. The van der Waals surface area contributed by atoms with Crippen LogP contribution in [0.4, 0.5) is 0 Å². The molecule has 0 spiro atoms. The number of aromatic nitrogens is 3. The van der Waals surface area contributed by atoms with Crippen LogP contribution >= 0.6 is 0 Å². The van der Waals surface area contributed by atoms with Gasteiger partial charge in [-0.15, -0.1) is 0 Å². The van der Waals surface area contributed by atoms with Crippen molar-refractivity contribution in [2.75, 3.05) is 7.11 Å². The third kappa shape index (κ3) is 2.57. The first-order chi connectivity index (χ1) is 11.0. The van der Waals surface area contributed by atoms with Gasteiger partial charge in [0.05, 0.1) is 19.0 Å². The number of benzene rings is 1. The maximum Gasteiger partial charge on any atom is 0.265 e. The van der Waals surface area contributed by atoms with Crippen molar-refractivity contribution in [3.8, 4) is 40.1 Å². The molecule has 7 nitrogen and oxygen atoms in total. The van der Waals surface area contributed by atoms with Gasteiger partial charge in [-0.2, -0.15) is 4.98 Å². The molecular formula is C16H15N3O4. The smallest absolute Gasteiger partial charge is 0.265 e. The van der Waals surface area contributed by atoms with Crippen molar-refractivity contribution < 1.29 is 19.5 Å². The Bertz CT molecular complexity index is 874. The fourth-order valence-corrected chi connectivity index (χ4v) is 2.20. The Labute approximate surface area is 132 Å². The Morgan fingerprint density at radius 3 is 2.70 bits per heavy atom. The minimum atomic E-state index is -0.232. The lowest BCUT2D eigenvalue weighted by molar-refractivity contribution is 0.411. The molecule has 0 atom stereocenters. The summed E-state index contributed by atoms with van der Waals surface area (Å²) >= 11 is 0. The molecule has 0 radical (unpaired) electrons. The van der Waals surface area contributed by atoms with Crippen molar-refractivity contribution in [2.24, 2.45) is 0 Å². The molecule has 2 N–H and O–H groups in total. The van der Waals surface area contributed by atoms with E-state index in [9.17, 15) is 10.2 Å². The number of aryl methyl sites for hydroxylation is 2. The largest absolute Gasteiger partial charge is 0.505 e. The molecule has 3 aromatic rings. The Balaban J connectivity index is 2.07. The molecule has 23 heavy (non-hydrogen) atoms. The summed E-state index contributed by atoms with van der Waals surface area (Å²) in [6.07, 6.45) is 1.23. The van der Waals surface area contributed by atoms with E-state index < -0.39 is 0 Å². The van der Waals surface area contributed by atoms with Gasteiger partial charge in [-0.3, -0.25) is 4.98 Å². The minimum Gasteiger partial charge on any atom is -0.505 e. The molecule has 2 heterocycles. The van der Waals surface area contributed by atoms with Gasteiger partial charge in [-0.05, 0) is 25.5 Å². The summed E-state index contributed by atoms with van der Waals surface area (Å²) in [5, 5.41) is 23.9. The van der Waals surface area contributed by atoms with E-state index in [2.05, 4.69) is 15.1 Å². The molecule has 3 rings (SSSR count). The second-order valence-electron chi connectivity index (χ2n) is 5.06. The predicted octanol–water partition coefficient (Wildman–Crippen LogP) is 2.84. The zero-order valence-electron chi connectivity index (χ0n) is 12.9. The first-order valence-electron chi connectivity index (χ1n) is 6.88. The van der Waals surface area contributed by atoms with Gasteiger partial charge in [0.25, 0.3) is 5.89 Å². The second-order valence-corrected chi connectivity index (χ2v) is 5.06. The summed E-state index contributed by atoms with van der Waals surface area (Å²) in [6, 6.07) is 5.52. The maximum absolute atomic E-state index is 10.1. The molecule has 0 aliphatic rings. The summed E-state index contributed by atoms with van der Waals surface area (Å²) in [5.41, 5.74) is 2.11. The topological polar surface area (TPSA) is 102 Å². The molecule has 0 saturated carbocycles. The van der Waals surface area contributed by atoms with Gasteiger partial charge in [-0.1, -0.05) is 17.3 Å². The van der Waals surface area contributed by atoms with E-state index in [0.717, 1.165) is 5.56 Å². The van der Waals surface area contributed by atoms with E-state index in [-0.39, 0.29) is 23.0 Å². The molecule has 0 unspecified atom stereocenters. The van der Waals surface area contributed by atoms with Crippen LogP contribution in [-0.4, -0.2) is 32.4 Å². The van der Waals surface area contributed by atoms with E-state index in [1.807, 2.05) is 19.1 Å². The number of ether oxygens (including phenoxy) is 1. The van der Waals surface area contributed by atoms with Crippen molar-refractivity contribution in [1.82, 2.24) is 15.1 Å². The van der Waals surface area contributed by atoms with E-state index in [4.69, 9.17) is 9.26 Å². The average molecular weight is 313 g/mol. The summed E-state index contributed by atoms with van der Waals surface area (Å²) in [5.74, 6) is 0.623. The summed E-state index contributed by atoms with van der Waals surface area (Å²) in [6.45, 7) is 3.54. The number of nitrogens with zero attached hydrogens (tertiary/aromatic N) is 3. The maximum atomic E-state index is 10.1. The highest BCUT2D eigenvalue weighted by Gasteiger charge is 2.20. The Kier molecular flexibility index (Phi) is 3.61. The molecular weight excluding hydrogens is 298 g/mol. The van der Waals surface area contributed by atoms with Crippen LogP contribution < -0.4 is 4.74 Å². The summed E-state index contributed by atoms with van der Waals surface area (Å²) in [7, 11) is 1.59. The van der Waals surface area contributed by atoms with Crippen LogP contribution in [0.1, 0.15) is 11.3 Å². The van der Waals surface area contributed by atoms with Crippen molar-refractivity contribution in [3.05, 3.63) is 35.7 Å². The highest BCUT2D eigenvalue weighted by molar-refractivity contribution is 5.71. The number of methoxy groups -OCH3 is 1. The lowest BCUT2D eigenvalue weighted by atomic mass is 10.1. The third-order valence-electron chi connectivity index (χ3n) is 3.52. The molecule has 118 valence electrons. The van der Waals surface area contributed by atoms with E-state index in [1.54, 1.807) is 20.1 Å². The molecule has 0 saturated heterocycles. The lowest BCUT2D eigenvalue weighted by Crippen LogP contribution is -1.89. The third-order valence-corrected chi connectivity index (χ3v) is 3.52. The van der Waals surface area contributed by atoms with Gasteiger partial charge in [0.1, 0.15) is 17.1 Å². The van der Waals surface area contributed by atoms with E-state index in [1.165, 1.54) is 6.20 Å². The monoisotopic (exact) mass is 313 g/mol. The summed E-state index contributed by atoms with van der Waals surface area (Å²) in [4.78, 5) is 8.09. The molecule has 0 aliphatic heterocycles. The van der Waals surface area contributed by atoms with Gasteiger partial charge in [0, 0.05) is 5.56 Å². The van der Waals surface area contributed by atoms with Gasteiger partial charge in [-0.25, -0.2) is 0 Å². The predicted molar refractivity (Wildman–Crippen MR) is 82.3 cm³/mol. The number of rotatable bonds is 3. The van der Waals surface area contributed by atoms with Gasteiger partial charge in [0.15, 0.2) is 5.75 Å². The molecule has 0 bridgehead atoms. The van der Waals surface area contributed by atoms with E-state index >= 15 is 0 Å². The summed E-state index contributed by atoms with van der Waals surface area (Å²) < 4.78 is 10.5. The van der Waals surface area contributed by atoms with Crippen LogP contribution in [0.3, 0.4) is 0 Å². The normalized spacial score (nSPS) is 10.7. The first kappa shape index (κ1) is 14.8. The average Bonchev–Trinajstić information content (AvgIpc) is 3.01. The Morgan fingerprint density at radius 1 is 1.17 bits per heavy atom. The number of hydrogen-bond acceptors (Lipinski definition) is 7. The minimum absolute atomic E-state index is 0.0139. The van der Waals surface area contributed by atoms with Gasteiger partial charge >= 0.3 is 0 Å². The van der Waals surface area contributed by atoms with Crippen LogP contribution in [0, 0.1) is 13.8 Å². The van der Waals surface area contributed by atoms with Crippen molar-refractivity contribution in [2.45, 2.75) is 13.8 Å².